The Balaban J connectivity index is 2.01. The summed E-state index contributed by atoms with van der Waals surface area (Å²) in [6, 6.07) is 7.61. The SMILES string of the molecule is O=C1N[C@H](c2cncc(Br)c2)[C@@H](c2ccccc2F)O1. The van der Waals surface area contributed by atoms with Crippen LogP contribution in [0.3, 0.4) is 0 Å². The van der Waals surface area contributed by atoms with Crippen molar-refractivity contribution in [3.63, 3.8) is 0 Å². The lowest BCUT2D eigenvalue weighted by Gasteiger charge is -2.18. The van der Waals surface area contributed by atoms with E-state index in [-0.39, 0.29) is 0 Å². The van der Waals surface area contributed by atoms with Gasteiger partial charge in [-0.1, -0.05) is 18.2 Å². The number of carbonyl (C=O) groups excluding carboxylic acids is 1. The lowest BCUT2D eigenvalue weighted by molar-refractivity contribution is 0.130. The van der Waals surface area contributed by atoms with Crippen molar-refractivity contribution in [3.05, 3.63) is 64.1 Å². The number of benzene rings is 1. The molecule has 1 amide bonds. The van der Waals surface area contributed by atoms with Crippen molar-refractivity contribution in [1.82, 2.24) is 10.3 Å². The molecule has 2 atom stereocenters. The van der Waals surface area contributed by atoms with E-state index in [4.69, 9.17) is 4.74 Å². The minimum Gasteiger partial charge on any atom is -0.439 e. The number of hydrogen-bond acceptors (Lipinski definition) is 3. The van der Waals surface area contributed by atoms with Gasteiger partial charge in [-0.3, -0.25) is 4.98 Å². The summed E-state index contributed by atoms with van der Waals surface area (Å²) in [5.41, 5.74) is 1.09. The summed E-state index contributed by atoms with van der Waals surface area (Å²) in [5, 5.41) is 2.68. The van der Waals surface area contributed by atoms with Gasteiger partial charge in [-0.15, -0.1) is 0 Å². The van der Waals surface area contributed by atoms with Crippen LogP contribution in [0.25, 0.3) is 0 Å². The molecular formula is C14H10BrFN2O2. The second kappa shape index (κ2) is 5.20. The van der Waals surface area contributed by atoms with Gasteiger partial charge in [-0.2, -0.15) is 0 Å². The number of pyridine rings is 1. The van der Waals surface area contributed by atoms with E-state index in [0.717, 1.165) is 10.0 Å². The number of nitrogens with one attached hydrogen (secondary N) is 1. The number of ether oxygens (including phenoxy) is 1. The van der Waals surface area contributed by atoms with Crippen molar-refractivity contribution < 1.29 is 13.9 Å². The van der Waals surface area contributed by atoms with Crippen LogP contribution in [-0.2, 0) is 4.74 Å². The Morgan fingerprint density at radius 3 is 2.85 bits per heavy atom. The van der Waals surface area contributed by atoms with Crippen molar-refractivity contribution in [2.24, 2.45) is 0 Å². The number of aromatic nitrogens is 1. The van der Waals surface area contributed by atoms with E-state index < -0.39 is 24.1 Å². The van der Waals surface area contributed by atoms with Gasteiger partial charge in [0.15, 0.2) is 6.10 Å². The minimum atomic E-state index is -0.709. The molecule has 3 rings (SSSR count). The third-order valence-corrected chi connectivity index (χ3v) is 3.54. The molecule has 0 spiro atoms. The highest BCUT2D eigenvalue weighted by Gasteiger charge is 2.38. The molecule has 0 aliphatic carbocycles. The van der Waals surface area contributed by atoms with Crippen LogP contribution in [0, 0.1) is 5.82 Å². The van der Waals surface area contributed by atoms with Gasteiger partial charge < -0.3 is 10.1 Å². The lowest BCUT2D eigenvalue weighted by Crippen LogP contribution is -2.20. The fraction of sp³-hybridized carbons (Fsp3) is 0.143. The van der Waals surface area contributed by atoms with E-state index in [0.29, 0.717) is 5.56 Å². The zero-order valence-corrected chi connectivity index (χ0v) is 11.8. The molecule has 102 valence electrons. The van der Waals surface area contributed by atoms with Crippen LogP contribution in [0.2, 0.25) is 0 Å². The highest BCUT2D eigenvalue weighted by Crippen LogP contribution is 2.37. The van der Waals surface area contributed by atoms with E-state index in [1.807, 2.05) is 6.07 Å². The van der Waals surface area contributed by atoms with Gasteiger partial charge in [0.1, 0.15) is 11.9 Å². The number of cyclic esters (lactones) is 1. The third kappa shape index (κ3) is 2.38. The largest absolute Gasteiger partial charge is 0.439 e. The summed E-state index contributed by atoms with van der Waals surface area (Å²) >= 11 is 3.32. The molecule has 1 fully saturated rings. The number of carbonyl (C=O) groups is 1. The van der Waals surface area contributed by atoms with Crippen molar-refractivity contribution >= 4 is 22.0 Å². The number of rotatable bonds is 2. The van der Waals surface area contributed by atoms with Crippen molar-refractivity contribution in [3.8, 4) is 0 Å². The lowest BCUT2D eigenvalue weighted by atomic mass is 9.97. The Bertz CT molecular complexity index is 665. The fourth-order valence-corrected chi connectivity index (χ4v) is 2.61. The van der Waals surface area contributed by atoms with Crippen LogP contribution < -0.4 is 5.32 Å². The number of alkyl carbamates (subject to hydrolysis) is 1. The molecule has 1 saturated heterocycles. The predicted molar refractivity (Wildman–Crippen MR) is 73.4 cm³/mol. The fourth-order valence-electron chi connectivity index (χ4n) is 2.23. The van der Waals surface area contributed by atoms with Crippen LogP contribution in [0.4, 0.5) is 9.18 Å². The van der Waals surface area contributed by atoms with Gasteiger partial charge >= 0.3 is 6.09 Å². The van der Waals surface area contributed by atoms with E-state index in [9.17, 15) is 9.18 Å². The molecule has 20 heavy (non-hydrogen) atoms. The Morgan fingerprint density at radius 1 is 1.30 bits per heavy atom. The highest BCUT2D eigenvalue weighted by molar-refractivity contribution is 9.10. The molecule has 0 bridgehead atoms. The smallest absolute Gasteiger partial charge is 0.408 e. The topological polar surface area (TPSA) is 51.2 Å². The van der Waals surface area contributed by atoms with Gasteiger partial charge in [0.2, 0.25) is 0 Å². The quantitative estimate of drug-likeness (QED) is 0.912. The monoisotopic (exact) mass is 336 g/mol. The van der Waals surface area contributed by atoms with E-state index in [1.54, 1.807) is 30.6 Å². The Hall–Kier alpha value is -1.95. The molecule has 0 saturated carbocycles. The zero-order valence-electron chi connectivity index (χ0n) is 10.2. The summed E-state index contributed by atoms with van der Waals surface area (Å²) < 4.78 is 19.9. The molecule has 1 aromatic carbocycles. The standard InChI is InChI=1S/C14H10BrFN2O2/c15-9-5-8(6-17-7-9)12-13(20-14(19)18-12)10-3-1-2-4-11(10)16/h1-7,12-13H,(H,18,19)/t12-,13-/m1/s1. The third-order valence-electron chi connectivity index (χ3n) is 3.11. The number of halogens is 2. The second-order valence-corrected chi connectivity index (χ2v) is 5.32. The molecule has 1 aliphatic heterocycles. The molecule has 4 nitrogen and oxygen atoms in total. The minimum absolute atomic E-state index is 0.343. The number of hydrogen-bond donors (Lipinski definition) is 1. The van der Waals surface area contributed by atoms with Gasteiger partial charge in [-0.25, -0.2) is 9.18 Å². The van der Waals surface area contributed by atoms with Crippen LogP contribution >= 0.6 is 15.9 Å². The number of amides is 1. The summed E-state index contributed by atoms with van der Waals surface area (Å²) in [4.78, 5) is 15.6. The first kappa shape index (κ1) is 13.1. The van der Waals surface area contributed by atoms with E-state index in [2.05, 4.69) is 26.2 Å². The first-order valence-corrected chi connectivity index (χ1v) is 6.76. The molecular weight excluding hydrogens is 327 g/mol. The normalized spacial score (nSPS) is 21.4. The van der Waals surface area contributed by atoms with Gasteiger partial charge in [0, 0.05) is 22.4 Å². The summed E-state index contributed by atoms with van der Waals surface area (Å²) in [7, 11) is 0. The average Bonchev–Trinajstić information content (AvgIpc) is 2.81. The van der Waals surface area contributed by atoms with Gasteiger partial charge in [0.25, 0.3) is 0 Å². The maximum Gasteiger partial charge on any atom is 0.408 e. The highest BCUT2D eigenvalue weighted by atomic mass is 79.9. The van der Waals surface area contributed by atoms with Gasteiger partial charge in [-0.05, 0) is 33.6 Å². The van der Waals surface area contributed by atoms with Gasteiger partial charge in [0.05, 0.1) is 0 Å². The molecule has 0 unspecified atom stereocenters. The molecule has 6 heteroatoms. The molecule has 2 aromatic rings. The van der Waals surface area contributed by atoms with Crippen LogP contribution in [0.5, 0.6) is 0 Å². The Morgan fingerprint density at radius 2 is 2.10 bits per heavy atom. The molecule has 1 aliphatic rings. The molecule has 1 aromatic heterocycles. The number of nitrogens with zero attached hydrogens (tertiary/aromatic N) is 1. The van der Waals surface area contributed by atoms with Crippen molar-refractivity contribution in [2.45, 2.75) is 12.1 Å². The average molecular weight is 337 g/mol. The summed E-state index contributed by atoms with van der Waals surface area (Å²) in [6.45, 7) is 0. The maximum absolute atomic E-state index is 13.9. The van der Waals surface area contributed by atoms with Crippen LogP contribution in [0.1, 0.15) is 23.3 Å². The van der Waals surface area contributed by atoms with Crippen LogP contribution in [0.15, 0.2) is 47.2 Å². The molecule has 2 heterocycles. The Labute approximate surface area is 123 Å². The van der Waals surface area contributed by atoms with E-state index in [1.165, 1.54) is 6.07 Å². The summed E-state index contributed by atoms with van der Waals surface area (Å²) in [6.07, 6.45) is 1.99. The van der Waals surface area contributed by atoms with E-state index >= 15 is 0 Å². The first-order valence-electron chi connectivity index (χ1n) is 5.97. The first-order chi connectivity index (χ1) is 9.65. The zero-order chi connectivity index (χ0) is 14.1. The summed E-state index contributed by atoms with van der Waals surface area (Å²) in [5.74, 6) is -0.401. The molecule has 0 radical (unpaired) electrons. The van der Waals surface area contributed by atoms with Crippen molar-refractivity contribution in [2.75, 3.05) is 0 Å². The Kier molecular flexibility index (Phi) is 3.40. The maximum atomic E-state index is 13.9. The predicted octanol–water partition coefficient (Wildman–Crippen LogP) is 3.51. The van der Waals surface area contributed by atoms with Crippen molar-refractivity contribution in [1.29, 1.82) is 0 Å². The van der Waals surface area contributed by atoms with Crippen LogP contribution in [-0.4, -0.2) is 11.1 Å². The molecule has 1 N–H and O–H groups in total. The second-order valence-electron chi connectivity index (χ2n) is 4.41.